The first kappa shape index (κ1) is 19.9. The van der Waals surface area contributed by atoms with Crippen LogP contribution in [-0.2, 0) is 6.54 Å². The summed E-state index contributed by atoms with van der Waals surface area (Å²) in [6.45, 7) is 9.79. The van der Waals surface area contributed by atoms with Crippen LogP contribution in [0.25, 0.3) is 0 Å². The average Bonchev–Trinajstić information content (AvgIpc) is 2.84. The zero-order chi connectivity index (χ0) is 15.9. The summed E-state index contributed by atoms with van der Waals surface area (Å²) >= 11 is 1.72. The van der Waals surface area contributed by atoms with Crippen molar-refractivity contribution in [2.75, 3.05) is 6.54 Å². The zero-order valence-electron chi connectivity index (χ0n) is 14.1. The second kappa shape index (κ2) is 9.87. The number of nitrogens with one attached hydrogen (secondary N) is 2. The maximum Gasteiger partial charge on any atom is 0.192 e. The number of hydrogen-bond acceptors (Lipinski definition) is 3. The van der Waals surface area contributed by atoms with E-state index >= 15 is 0 Å². The minimum Gasteiger partial charge on any atom is -0.357 e. The summed E-state index contributed by atoms with van der Waals surface area (Å²) in [5, 5.41) is 7.79. The molecule has 0 aliphatic heterocycles. The first-order valence-electron chi connectivity index (χ1n) is 7.62. The number of guanidine groups is 1. The fourth-order valence-corrected chi connectivity index (χ4v) is 2.96. The zero-order valence-corrected chi connectivity index (χ0v) is 17.2. The summed E-state index contributed by atoms with van der Waals surface area (Å²) in [6.07, 6.45) is 0. The van der Waals surface area contributed by atoms with E-state index < -0.39 is 0 Å². The lowest BCUT2D eigenvalue weighted by Crippen LogP contribution is -2.38. The molecule has 1 heterocycles. The van der Waals surface area contributed by atoms with Crippen LogP contribution in [0.1, 0.15) is 41.0 Å². The van der Waals surface area contributed by atoms with Crippen molar-refractivity contribution >= 4 is 41.3 Å². The van der Waals surface area contributed by atoms with Crippen molar-refractivity contribution in [3.8, 4) is 0 Å². The lowest BCUT2D eigenvalue weighted by molar-refractivity contribution is 0.686. The Morgan fingerprint density at radius 1 is 1.26 bits per heavy atom. The van der Waals surface area contributed by atoms with Crippen molar-refractivity contribution < 1.29 is 0 Å². The molecule has 6 heteroatoms. The van der Waals surface area contributed by atoms with Gasteiger partial charge < -0.3 is 10.6 Å². The van der Waals surface area contributed by atoms with Gasteiger partial charge >= 0.3 is 0 Å². The molecular formula is C17H25IN4S. The van der Waals surface area contributed by atoms with Crippen LogP contribution in [0.2, 0.25) is 0 Å². The maximum absolute atomic E-state index is 4.65. The highest BCUT2D eigenvalue weighted by Gasteiger charge is 2.08. The monoisotopic (exact) mass is 444 g/mol. The molecule has 23 heavy (non-hydrogen) atoms. The van der Waals surface area contributed by atoms with Crippen molar-refractivity contribution in [2.45, 2.75) is 40.3 Å². The summed E-state index contributed by atoms with van der Waals surface area (Å²) in [7, 11) is 0. The lowest BCUT2D eigenvalue weighted by Gasteiger charge is -2.18. The Morgan fingerprint density at radius 2 is 1.96 bits per heavy atom. The van der Waals surface area contributed by atoms with Crippen molar-refractivity contribution in [1.29, 1.82) is 0 Å². The van der Waals surface area contributed by atoms with Gasteiger partial charge in [-0.25, -0.2) is 9.98 Å². The van der Waals surface area contributed by atoms with Crippen LogP contribution in [0.3, 0.4) is 0 Å². The Balaban J connectivity index is 0.00000264. The molecule has 126 valence electrons. The number of aromatic nitrogens is 1. The molecule has 0 saturated carbocycles. The summed E-state index contributed by atoms with van der Waals surface area (Å²) in [4.78, 5) is 10.4. The van der Waals surface area contributed by atoms with Crippen LogP contribution >= 0.6 is 35.3 Å². The first-order valence-corrected chi connectivity index (χ1v) is 8.44. The van der Waals surface area contributed by atoms with Gasteiger partial charge in [-0.15, -0.1) is 35.3 Å². The third-order valence-corrected chi connectivity index (χ3v) is 4.50. The molecule has 1 unspecified atom stereocenters. The Morgan fingerprint density at radius 3 is 2.52 bits per heavy atom. The fourth-order valence-electron chi connectivity index (χ4n) is 2.10. The van der Waals surface area contributed by atoms with E-state index in [9.17, 15) is 0 Å². The third-order valence-electron chi connectivity index (χ3n) is 3.44. The normalized spacial score (nSPS) is 12.4. The fraction of sp³-hybridized carbons (Fsp3) is 0.412. The Labute approximate surface area is 159 Å². The van der Waals surface area contributed by atoms with E-state index in [4.69, 9.17) is 0 Å². The highest BCUT2D eigenvalue weighted by Crippen LogP contribution is 2.17. The van der Waals surface area contributed by atoms with E-state index in [1.807, 2.05) is 13.0 Å². The van der Waals surface area contributed by atoms with Gasteiger partial charge in [-0.05, 0) is 33.3 Å². The highest BCUT2D eigenvalue weighted by molar-refractivity contribution is 14.0. The van der Waals surface area contributed by atoms with Gasteiger partial charge in [0.2, 0.25) is 0 Å². The van der Waals surface area contributed by atoms with Crippen LogP contribution in [0, 0.1) is 13.8 Å². The Hall–Kier alpha value is -1.15. The Kier molecular flexibility index (Phi) is 8.54. The van der Waals surface area contributed by atoms with E-state index in [2.05, 4.69) is 65.6 Å². The van der Waals surface area contributed by atoms with E-state index in [-0.39, 0.29) is 30.0 Å². The van der Waals surface area contributed by atoms with Gasteiger partial charge in [0, 0.05) is 11.4 Å². The van der Waals surface area contributed by atoms with Gasteiger partial charge in [0.15, 0.2) is 5.96 Å². The quantitative estimate of drug-likeness (QED) is 0.413. The van der Waals surface area contributed by atoms with Crippen molar-refractivity contribution in [1.82, 2.24) is 15.6 Å². The number of aryl methyl sites for hydroxylation is 2. The molecule has 0 bridgehead atoms. The molecule has 0 aliphatic rings. The molecule has 2 N–H and O–H groups in total. The van der Waals surface area contributed by atoms with Crippen molar-refractivity contribution in [2.24, 2.45) is 4.99 Å². The van der Waals surface area contributed by atoms with Crippen LogP contribution in [-0.4, -0.2) is 17.5 Å². The predicted octanol–water partition coefficient (Wildman–Crippen LogP) is 4.19. The van der Waals surface area contributed by atoms with Crippen molar-refractivity contribution in [3.63, 3.8) is 0 Å². The van der Waals surface area contributed by atoms with Gasteiger partial charge in [-0.1, -0.05) is 30.3 Å². The van der Waals surface area contributed by atoms with Crippen LogP contribution in [0.4, 0.5) is 0 Å². The minimum atomic E-state index is 0. The molecule has 0 spiro atoms. The number of rotatable bonds is 5. The molecule has 1 atom stereocenters. The van der Waals surface area contributed by atoms with E-state index in [1.165, 1.54) is 10.4 Å². The number of benzene rings is 1. The molecule has 1 aromatic carbocycles. The van der Waals surface area contributed by atoms with Crippen LogP contribution < -0.4 is 10.6 Å². The van der Waals surface area contributed by atoms with Gasteiger partial charge in [0.1, 0.15) is 5.01 Å². The number of aliphatic imine (C=N–C) groups is 1. The summed E-state index contributed by atoms with van der Waals surface area (Å²) in [6, 6.07) is 10.6. The first-order chi connectivity index (χ1) is 10.6. The maximum atomic E-state index is 4.65. The van der Waals surface area contributed by atoms with Crippen LogP contribution in [0.5, 0.6) is 0 Å². The largest absolute Gasteiger partial charge is 0.357 e. The molecule has 2 aromatic rings. The molecule has 2 rings (SSSR count). The van der Waals surface area contributed by atoms with Crippen LogP contribution in [0.15, 0.2) is 35.3 Å². The number of thiazole rings is 1. The number of hydrogen-bond donors (Lipinski definition) is 2. The third kappa shape index (κ3) is 6.10. The molecule has 1 aromatic heterocycles. The van der Waals surface area contributed by atoms with Gasteiger partial charge in [-0.2, -0.15) is 0 Å². The topological polar surface area (TPSA) is 49.3 Å². The van der Waals surface area contributed by atoms with E-state index in [1.54, 1.807) is 11.3 Å². The predicted molar refractivity (Wildman–Crippen MR) is 110 cm³/mol. The highest BCUT2D eigenvalue weighted by atomic mass is 127. The molecule has 0 fully saturated rings. The molecule has 4 nitrogen and oxygen atoms in total. The van der Waals surface area contributed by atoms with E-state index in [0.717, 1.165) is 23.2 Å². The molecule has 0 amide bonds. The summed E-state index contributed by atoms with van der Waals surface area (Å²) in [5.74, 6) is 0.823. The van der Waals surface area contributed by atoms with Crippen molar-refractivity contribution in [3.05, 3.63) is 51.5 Å². The van der Waals surface area contributed by atoms with E-state index in [0.29, 0.717) is 6.54 Å². The number of nitrogens with zero attached hydrogens (tertiary/aromatic N) is 2. The van der Waals surface area contributed by atoms with Gasteiger partial charge in [-0.3, -0.25) is 0 Å². The summed E-state index contributed by atoms with van der Waals surface area (Å²) in [5.41, 5.74) is 2.35. The molecular weight excluding hydrogens is 419 g/mol. The smallest absolute Gasteiger partial charge is 0.192 e. The minimum absolute atomic E-state index is 0. The molecule has 0 radical (unpaired) electrons. The summed E-state index contributed by atoms with van der Waals surface area (Å²) < 4.78 is 0. The lowest BCUT2D eigenvalue weighted by atomic mass is 10.1. The SMILES string of the molecule is CCNC(=NCc1nc(C)c(C)s1)NC(C)c1ccccc1.I. The number of halogens is 1. The molecule has 0 aliphatic carbocycles. The standard InChI is InChI=1S/C17H24N4S.HI/c1-5-18-17(19-11-16-20-12(2)14(4)22-16)21-13(3)15-9-7-6-8-10-15;/h6-10,13H,5,11H2,1-4H3,(H2,18,19,21);1H. The van der Waals surface area contributed by atoms with Gasteiger partial charge in [0.25, 0.3) is 0 Å². The molecule has 0 saturated heterocycles. The average molecular weight is 444 g/mol. The Bertz CT molecular complexity index is 605. The second-order valence-corrected chi connectivity index (χ2v) is 6.51. The second-order valence-electron chi connectivity index (χ2n) is 5.22. The van der Waals surface area contributed by atoms with Gasteiger partial charge in [0.05, 0.1) is 18.3 Å².